The third-order valence-corrected chi connectivity index (χ3v) is 3.01. The van der Waals surface area contributed by atoms with Crippen LogP contribution >= 0.6 is 0 Å². The van der Waals surface area contributed by atoms with E-state index in [1.165, 1.54) is 0 Å². The molecular weight excluding hydrogens is 266 g/mol. The lowest BCUT2D eigenvalue weighted by Crippen LogP contribution is -2.15. The number of rotatable bonds is 4. The molecule has 21 heavy (non-hydrogen) atoms. The highest BCUT2D eigenvalue weighted by atomic mass is 16.5. The molecule has 0 spiro atoms. The molecule has 0 fully saturated rings. The van der Waals surface area contributed by atoms with Crippen molar-refractivity contribution in [2.24, 2.45) is 0 Å². The van der Waals surface area contributed by atoms with Crippen LogP contribution in [0.25, 0.3) is 0 Å². The Balaban J connectivity index is 2.27. The Labute approximate surface area is 123 Å². The summed E-state index contributed by atoms with van der Waals surface area (Å²) in [5.74, 6) is 0.345. The van der Waals surface area contributed by atoms with E-state index in [1.807, 2.05) is 32.0 Å². The number of carbonyl (C=O) groups excluding carboxylic acids is 1. The number of nitrogens with one attached hydrogen (secondary N) is 1. The van der Waals surface area contributed by atoms with Gasteiger partial charge in [0, 0.05) is 11.4 Å². The van der Waals surface area contributed by atoms with Crippen molar-refractivity contribution in [3.8, 4) is 5.75 Å². The first-order valence-electron chi connectivity index (χ1n) is 6.71. The molecule has 110 valence electrons. The number of ether oxygens (including phenoxy) is 1. The summed E-state index contributed by atoms with van der Waals surface area (Å²) >= 11 is 0. The number of amides is 1. The zero-order valence-corrected chi connectivity index (χ0v) is 12.1. The van der Waals surface area contributed by atoms with E-state index < -0.39 is 0 Å². The Morgan fingerprint density at radius 3 is 2.62 bits per heavy atom. The summed E-state index contributed by atoms with van der Waals surface area (Å²) < 4.78 is 5.54. The van der Waals surface area contributed by atoms with Gasteiger partial charge in [0.2, 0.25) is 0 Å². The first-order valence-corrected chi connectivity index (χ1v) is 6.71. The highest BCUT2D eigenvalue weighted by molar-refractivity contribution is 6.08. The van der Waals surface area contributed by atoms with Crippen LogP contribution in [-0.2, 0) is 0 Å². The number of carbonyl (C=O) groups is 1. The molecule has 0 atom stereocenters. The summed E-state index contributed by atoms with van der Waals surface area (Å²) in [7, 11) is 0. The summed E-state index contributed by atoms with van der Waals surface area (Å²) in [4.78, 5) is 12.3. The molecule has 0 heterocycles. The molecule has 0 aliphatic rings. The van der Waals surface area contributed by atoms with Crippen LogP contribution in [0.2, 0.25) is 0 Å². The SMILES string of the molecule is CCOc1cc(C)ccc1NC(=O)c1ccc(N)cc1N. The second-order valence-electron chi connectivity index (χ2n) is 4.73. The Bertz CT molecular complexity index is 669. The van der Waals surface area contributed by atoms with Gasteiger partial charge in [-0.1, -0.05) is 6.07 Å². The molecule has 2 aromatic carbocycles. The van der Waals surface area contributed by atoms with E-state index in [9.17, 15) is 4.79 Å². The molecule has 0 saturated heterocycles. The molecule has 0 aliphatic carbocycles. The lowest BCUT2D eigenvalue weighted by atomic mass is 10.1. The van der Waals surface area contributed by atoms with Crippen LogP contribution in [0.3, 0.4) is 0 Å². The van der Waals surface area contributed by atoms with Gasteiger partial charge >= 0.3 is 0 Å². The zero-order valence-electron chi connectivity index (χ0n) is 12.1. The van der Waals surface area contributed by atoms with Gasteiger partial charge in [-0.3, -0.25) is 4.79 Å². The first-order chi connectivity index (χ1) is 10.0. The fourth-order valence-corrected chi connectivity index (χ4v) is 1.99. The smallest absolute Gasteiger partial charge is 0.257 e. The van der Waals surface area contributed by atoms with E-state index >= 15 is 0 Å². The maximum atomic E-state index is 12.3. The molecule has 0 unspecified atom stereocenters. The zero-order chi connectivity index (χ0) is 15.4. The van der Waals surface area contributed by atoms with Crippen LogP contribution < -0.4 is 21.5 Å². The van der Waals surface area contributed by atoms with Crippen LogP contribution in [0.5, 0.6) is 5.75 Å². The Hall–Kier alpha value is -2.69. The monoisotopic (exact) mass is 285 g/mol. The maximum absolute atomic E-state index is 12.3. The van der Waals surface area contributed by atoms with Crippen LogP contribution in [0.15, 0.2) is 36.4 Å². The van der Waals surface area contributed by atoms with Crippen molar-refractivity contribution in [1.82, 2.24) is 0 Å². The predicted octanol–water partition coefficient (Wildman–Crippen LogP) is 2.81. The second kappa shape index (κ2) is 6.17. The average Bonchev–Trinajstić information content (AvgIpc) is 2.42. The molecule has 0 aromatic heterocycles. The third-order valence-electron chi connectivity index (χ3n) is 3.01. The van der Waals surface area contributed by atoms with Crippen LogP contribution in [-0.4, -0.2) is 12.5 Å². The Morgan fingerprint density at radius 1 is 1.19 bits per heavy atom. The standard InChI is InChI=1S/C16H19N3O2/c1-3-21-15-8-10(2)4-7-14(15)19-16(20)12-6-5-11(17)9-13(12)18/h4-9H,3,17-18H2,1-2H3,(H,19,20). The van der Waals surface area contributed by atoms with Gasteiger partial charge < -0.3 is 21.5 Å². The number of anilines is 3. The molecule has 5 nitrogen and oxygen atoms in total. The van der Waals surface area contributed by atoms with Gasteiger partial charge in [0.05, 0.1) is 17.9 Å². The minimum atomic E-state index is -0.294. The van der Waals surface area contributed by atoms with E-state index in [1.54, 1.807) is 18.2 Å². The highest BCUT2D eigenvalue weighted by Gasteiger charge is 2.13. The normalized spacial score (nSPS) is 10.2. The lowest BCUT2D eigenvalue weighted by molar-refractivity contribution is 0.102. The summed E-state index contributed by atoms with van der Waals surface area (Å²) in [5, 5.41) is 2.81. The molecule has 5 N–H and O–H groups in total. The molecule has 2 rings (SSSR count). The fraction of sp³-hybridized carbons (Fsp3) is 0.188. The van der Waals surface area contributed by atoms with Crippen molar-refractivity contribution < 1.29 is 9.53 Å². The van der Waals surface area contributed by atoms with Crippen molar-refractivity contribution >= 4 is 23.0 Å². The largest absolute Gasteiger partial charge is 0.492 e. The first kappa shape index (κ1) is 14.7. The van der Waals surface area contributed by atoms with Gasteiger partial charge in [0.1, 0.15) is 5.75 Å². The van der Waals surface area contributed by atoms with Crippen molar-refractivity contribution in [2.45, 2.75) is 13.8 Å². The van der Waals surface area contributed by atoms with Crippen LogP contribution in [0.4, 0.5) is 17.1 Å². The molecule has 0 aliphatic heterocycles. The van der Waals surface area contributed by atoms with Crippen molar-refractivity contribution in [3.05, 3.63) is 47.5 Å². The van der Waals surface area contributed by atoms with Crippen LogP contribution in [0, 0.1) is 6.92 Å². The quantitative estimate of drug-likeness (QED) is 0.753. The summed E-state index contributed by atoms with van der Waals surface area (Å²) in [6.07, 6.45) is 0. The molecule has 0 radical (unpaired) electrons. The van der Waals surface area contributed by atoms with E-state index in [4.69, 9.17) is 16.2 Å². The second-order valence-corrected chi connectivity index (χ2v) is 4.73. The minimum absolute atomic E-state index is 0.294. The summed E-state index contributed by atoms with van der Waals surface area (Å²) in [6, 6.07) is 10.4. The molecule has 0 bridgehead atoms. The highest BCUT2D eigenvalue weighted by Crippen LogP contribution is 2.27. The van der Waals surface area contributed by atoms with E-state index in [0.717, 1.165) is 5.56 Å². The molecule has 1 amide bonds. The number of hydrogen-bond donors (Lipinski definition) is 3. The lowest BCUT2D eigenvalue weighted by Gasteiger charge is -2.13. The summed E-state index contributed by atoms with van der Waals surface area (Å²) in [5.41, 5.74) is 14.4. The van der Waals surface area contributed by atoms with E-state index in [2.05, 4.69) is 5.32 Å². The number of hydrogen-bond acceptors (Lipinski definition) is 4. The Morgan fingerprint density at radius 2 is 1.95 bits per heavy atom. The topological polar surface area (TPSA) is 90.4 Å². The molecule has 2 aromatic rings. The predicted molar refractivity (Wildman–Crippen MR) is 85.6 cm³/mol. The van der Waals surface area contributed by atoms with Gasteiger partial charge in [-0.2, -0.15) is 0 Å². The third kappa shape index (κ3) is 3.45. The van der Waals surface area contributed by atoms with Gasteiger partial charge in [-0.25, -0.2) is 0 Å². The average molecular weight is 285 g/mol. The minimum Gasteiger partial charge on any atom is -0.492 e. The van der Waals surface area contributed by atoms with Crippen molar-refractivity contribution in [1.29, 1.82) is 0 Å². The van der Waals surface area contributed by atoms with Crippen molar-refractivity contribution in [2.75, 3.05) is 23.4 Å². The number of aryl methyl sites for hydroxylation is 1. The van der Waals surface area contributed by atoms with Gasteiger partial charge in [0.15, 0.2) is 0 Å². The van der Waals surface area contributed by atoms with Gasteiger partial charge in [0.25, 0.3) is 5.91 Å². The fourth-order valence-electron chi connectivity index (χ4n) is 1.99. The van der Waals surface area contributed by atoms with Crippen LogP contribution in [0.1, 0.15) is 22.8 Å². The van der Waals surface area contributed by atoms with Gasteiger partial charge in [-0.15, -0.1) is 0 Å². The summed E-state index contributed by atoms with van der Waals surface area (Å²) in [6.45, 7) is 4.38. The number of benzene rings is 2. The molecular formula is C16H19N3O2. The van der Waals surface area contributed by atoms with E-state index in [-0.39, 0.29) is 5.91 Å². The number of nitrogen functional groups attached to an aromatic ring is 2. The van der Waals surface area contributed by atoms with Crippen molar-refractivity contribution in [3.63, 3.8) is 0 Å². The van der Waals surface area contributed by atoms with Gasteiger partial charge in [-0.05, 0) is 49.7 Å². The number of nitrogens with two attached hydrogens (primary N) is 2. The molecule has 0 saturated carbocycles. The maximum Gasteiger partial charge on any atom is 0.257 e. The Kier molecular flexibility index (Phi) is 4.33. The molecule has 5 heteroatoms. The van der Waals surface area contributed by atoms with E-state index in [0.29, 0.717) is 35.0 Å².